The lowest BCUT2D eigenvalue weighted by atomic mass is 10.1. The lowest BCUT2D eigenvalue weighted by Gasteiger charge is -2.28. The lowest BCUT2D eigenvalue weighted by molar-refractivity contribution is 0.0704. The van der Waals surface area contributed by atoms with Gasteiger partial charge in [0.15, 0.2) is 0 Å². The van der Waals surface area contributed by atoms with Gasteiger partial charge in [-0.1, -0.05) is 17.7 Å². The van der Waals surface area contributed by atoms with E-state index in [9.17, 15) is 4.79 Å². The number of pyridine rings is 1. The highest BCUT2D eigenvalue weighted by atomic mass is 32.1. The van der Waals surface area contributed by atoms with E-state index in [2.05, 4.69) is 51.0 Å². The van der Waals surface area contributed by atoms with Gasteiger partial charge in [0.05, 0.1) is 10.4 Å². The van der Waals surface area contributed by atoms with Crippen LogP contribution in [0.15, 0.2) is 36.7 Å². The maximum atomic E-state index is 14.0. The maximum Gasteiger partial charge on any atom is 0.274 e. The number of H-pyrrole nitrogens is 1. The highest BCUT2D eigenvalue weighted by molar-refractivity contribution is 7.18. The molecule has 2 saturated heterocycles. The van der Waals surface area contributed by atoms with Gasteiger partial charge in [-0.25, -0.2) is 4.98 Å². The number of aromatic amines is 1. The number of aromatic nitrogens is 4. The van der Waals surface area contributed by atoms with Crippen LogP contribution in [0, 0.1) is 13.8 Å². The molecule has 35 heavy (non-hydrogen) atoms. The third kappa shape index (κ3) is 4.15. The Labute approximate surface area is 209 Å². The van der Waals surface area contributed by atoms with Crippen molar-refractivity contribution in [2.24, 2.45) is 0 Å². The van der Waals surface area contributed by atoms with Crippen LogP contribution in [-0.2, 0) is 0 Å². The number of nitrogens with one attached hydrogen (secondary N) is 1. The van der Waals surface area contributed by atoms with Crippen molar-refractivity contribution >= 4 is 28.1 Å². The Balaban J connectivity index is 1.41. The summed E-state index contributed by atoms with van der Waals surface area (Å²) in [6, 6.07) is 8.45. The molecule has 0 aliphatic carbocycles. The fraction of sp³-hybridized carbons (Fsp3) is 0.407. The number of aryl methyl sites for hydroxylation is 2. The van der Waals surface area contributed by atoms with E-state index in [0.29, 0.717) is 5.69 Å². The first-order valence-electron chi connectivity index (χ1n) is 12.5. The monoisotopic (exact) mass is 486 g/mol. The number of fused-ring (bicyclic) bond motifs is 1. The summed E-state index contributed by atoms with van der Waals surface area (Å²) >= 11 is 1.54. The van der Waals surface area contributed by atoms with E-state index in [4.69, 9.17) is 4.98 Å². The summed E-state index contributed by atoms with van der Waals surface area (Å²) in [6.07, 6.45) is 8.21. The Kier molecular flexibility index (Phi) is 5.86. The highest BCUT2D eigenvalue weighted by Gasteiger charge is 2.34. The standard InChI is InChI=1S/C27H30N6OS/c1-17-13-18(2)22-21(14-17)23(31-30-22)26-29-24(25(35-26)19-7-5-9-28-15-19)27(34)33-12-6-8-20(33)16-32-10-3-4-11-32/h5,7,9,13-15,20H,3-4,6,8,10-12,16H2,1-2H3,(H,30,31)/t20-/m0/s1. The van der Waals surface area contributed by atoms with Crippen molar-refractivity contribution in [3.63, 3.8) is 0 Å². The van der Waals surface area contributed by atoms with Crippen LogP contribution < -0.4 is 0 Å². The second-order valence-corrected chi connectivity index (χ2v) is 10.8. The largest absolute Gasteiger partial charge is 0.333 e. The van der Waals surface area contributed by atoms with E-state index in [1.807, 2.05) is 18.3 Å². The quantitative estimate of drug-likeness (QED) is 0.426. The van der Waals surface area contributed by atoms with Gasteiger partial charge in [-0.15, -0.1) is 11.3 Å². The van der Waals surface area contributed by atoms with E-state index in [1.54, 1.807) is 6.20 Å². The van der Waals surface area contributed by atoms with Crippen molar-refractivity contribution in [2.45, 2.75) is 45.6 Å². The van der Waals surface area contributed by atoms with Gasteiger partial charge in [0.1, 0.15) is 16.4 Å². The number of amides is 1. The highest BCUT2D eigenvalue weighted by Crippen LogP contribution is 2.39. The van der Waals surface area contributed by atoms with Crippen molar-refractivity contribution in [3.05, 3.63) is 53.5 Å². The third-order valence-corrected chi connectivity index (χ3v) is 8.39. The molecule has 180 valence electrons. The van der Waals surface area contributed by atoms with Gasteiger partial charge < -0.3 is 9.80 Å². The number of nitrogens with zero attached hydrogens (tertiary/aromatic N) is 5. The molecule has 1 N–H and O–H groups in total. The van der Waals surface area contributed by atoms with Crippen LogP contribution in [0.3, 0.4) is 0 Å². The number of rotatable bonds is 5. The Hall–Kier alpha value is -3.10. The molecule has 0 bridgehead atoms. The Morgan fingerprint density at radius 3 is 2.83 bits per heavy atom. The first kappa shape index (κ1) is 22.4. The van der Waals surface area contributed by atoms with E-state index in [-0.39, 0.29) is 11.9 Å². The zero-order valence-electron chi connectivity index (χ0n) is 20.3. The molecule has 7 nitrogen and oxygen atoms in total. The molecule has 1 atom stereocenters. The second kappa shape index (κ2) is 9.17. The predicted molar refractivity (Wildman–Crippen MR) is 140 cm³/mol. The maximum absolute atomic E-state index is 14.0. The lowest BCUT2D eigenvalue weighted by Crippen LogP contribution is -2.42. The number of hydrogen-bond acceptors (Lipinski definition) is 6. The first-order valence-corrected chi connectivity index (χ1v) is 13.3. The van der Waals surface area contributed by atoms with Crippen LogP contribution in [0.4, 0.5) is 0 Å². The van der Waals surface area contributed by atoms with Crippen LogP contribution in [0.1, 0.15) is 47.3 Å². The summed E-state index contributed by atoms with van der Waals surface area (Å²) in [5.41, 5.74) is 5.58. The topological polar surface area (TPSA) is 78.0 Å². The fourth-order valence-corrected chi connectivity index (χ4v) is 6.65. The molecule has 2 aliphatic rings. The molecule has 0 saturated carbocycles. The average molecular weight is 487 g/mol. The van der Waals surface area contributed by atoms with Gasteiger partial charge in [0, 0.05) is 42.5 Å². The summed E-state index contributed by atoms with van der Waals surface area (Å²) in [5.74, 6) is 0.0317. The van der Waals surface area contributed by atoms with Gasteiger partial charge >= 0.3 is 0 Å². The molecular weight excluding hydrogens is 456 g/mol. The molecule has 1 amide bonds. The number of carbonyl (C=O) groups excluding carboxylic acids is 1. The van der Waals surface area contributed by atoms with Crippen LogP contribution >= 0.6 is 11.3 Å². The minimum Gasteiger partial charge on any atom is -0.333 e. The van der Waals surface area contributed by atoms with Crippen molar-refractivity contribution in [2.75, 3.05) is 26.2 Å². The van der Waals surface area contributed by atoms with Crippen LogP contribution in [0.5, 0.6) is 0 Å². The Morgan fingerprint density at radius 1 is 1.17 bits per heavy atom. The van der Waals surface area contributed by atoms with Crippen LogP contribution in [-0.4, -0.2) is 68.1 Å². The molecule has 3 aromatic heterocycles. The minimum absolute atomic E-state index is 0.0317. The zero-order valence-corrected chi connectivity index (χ0v) is 21.1. The number of thiazole rings is 1. The Bertz CT molecular complexity index is 1370. The molecule has 0 spiro atoms. The number of hydrogen-bond donors (Lipinski definition) is 1. The number of carbonyl (C=O) groups is 1. The molecule has 2 aliphatic heterocycles. The molecule has 0 radical (unpaired) electrons. The average Bonchev–Trinajstić information content (AvgIpc) is 3.65. The van der Waals surface area contributed by atoms with Gasteiger partial charge in [-0.3, -0.25) is 14.9 Å². The molecule has 4 aromatic rings. The summed E-state index contributed by atoms with van der Waals surface area (Å²) < 4.78 is 0. The van der Waals surface area contributed by atoms with Gasteiger partial charge in [-0.2, -0.15) is 5.10 Å². The molecule has 8 heteroatoms. The van der Waals surface area contributed by atoms with E-state index >= 15 is 0 Å². The smallest absolute Gasteiger partial charge is 0.274 e. The third-order valence-electron chi connectivity index (χ3n) is 7.27. The van der Waals surface area contributed by atoms with Gasteiger partial charge in [0.25, 0.3) is 5.91 Å². The predicted octanol–water partition coefficient (Wildman–Crippen LogP) is 5.07. The number of benzene rings is 1. The fourth-order valence-electron chi connectivity index (χ4n) is 5.59. The first-order chi connectivity index (χ1) is 17.1. The van der Waals surface area contributed by atoms with E-state index in [0.717, 1.165) is 76.6 Å². The van der Waals surface area contributed by atoms with Gasteiger partial charge in [0.2, 0.25) is 0 Å². The summed E-state index contributed by atoms with van der Waals surface area (Å²) in [5, 5.41) is 9.60. The zero-order chi connectivity index (χ0) is 23.9. The molecule has 5 heterocycles. The van der Waals surface area contributed by atoms with E-state index < -0.39 is 0 Å². The SMILES string of the molecule is Cc1cc(C)c2n[nH]c(-c3nc(C(=O)N4CCC[C@H]4CN4CCCC4)c(-c4cccnc4)s3)c2c1. The van der Waals surface area contributed by atoms with Crippen molar-refractivity contribution in [1.29, 1.82) is 0 Å². The minimum atomic E-state index is 0.0317. The van der Waals surface area contributed by atoms with E-state index in [1.165, 1.54) is 29.7 Å². The van der Waals surface area contributed by atoms with Crippen molar-refractivity contribution in [1.82, 2.24) is 30.0 Å². The summed E-state index contributed by atoms with van der Waals surface area (Å²) in [6.45, 7) is 8.22. The molecule has 1 aromatic carbocycles. The molecular formula is C27H30N6OS. The number of likely N-dealkylation sites (tertiary alicyclic amines) is 2. The summed E-state index contributed by atoms with van der Waals surface area (Å²) in [7, 11) is 0. The second-order valence-electron chi connectivity index (χ2n) is 9.82. The molecule has 6 rings (SSSR count). The molecule has 0 unspecified atom stereocenters. The van der Waals surface area contributed by atoms with Crippen molar-refractivity contribution < 1.29 is 4.79 Å². The molecule has 2 fully saturated rings. The van der Waals surface area contributed by atoms with Crippen LogP contribution in [0.25, 0.3) is 32.0 Å². The van der Waals surface area contributed by atoms with Gasteiger partial charge in [-0.05, 0) is 70.3 Å². The van der Waals surface area contributed by atoms with Crippen LogP contribution in [0.2, 0.25) is 0 Å². The summed E-state index contributed by atoms with van der Waals surface area (Å²) in [4.78, 5) is 28.7. The normalized spacial score (nSPS) is 18.7. The van der Waals surface area contributed by atoms with Crippen molar-refractivity contribution in [3.8, 4) is 21.1 Å². The Morgan fingerprint density at radius 2 is 2.03 bits per heavy atom.